The molecule has 1 aliphatic heterocycles. The summed E-state index contributed by atoms with van der Waals surface area (Å²) in [6.45, 7) is 0.781. The zero-order chi connectivity index (χ0) is 11.8. The average molecular weight is 229 g/mol. The van der Waals surface area contributed by atoms with Gasteiger partial charge in [-0.05, 0) is 30.9 Å². The van der Waals surface area contributed by atoms with Gasteiger partial charge < -0.3 is 4.90 Å². The Balaban J connectivity index is 2.01. The Labute approximate surface area is 100 Å². The molecule has 0 N–H and O–H groups in total. The Morgan fingerprint density at radius 1 is 1.12 bits per heavy atom. The van der Waals surface area contributed by atoms with E-state index in [0.717, 1.165) is 12.2 Å². The Bertz CT molecular complexity index is 477. The van der Waals surface area contributed by atoms with Crippen LogP contribution in [-0.4, -0.2) is 18.2 Å². The number of nitrogens with zero attached hydrogens (tertiary/aromatic N) is 1. The highest BCUT2D eigenvalue weighted by molar-refractivity contribution is 6.10. The highest BCUT2D eigenvalue weighted by Crippen LogP contribution is 2.34. The molecule has 1 fully saturated rings. The van der Waals surface area contributed by atoms with Crippen LogP contribution in [0.5, 0.6) is 0 Å². The summed E-state index contributed by atoms with van der Waals surface area (Å²) in [6.07, 6.45) is 3.11. The molecule has 1 saturated carbocycles. The van der Waals surface area contributed by atoms with E-state index in [1.165, 1.54) is 12.8 Å². The highest BCUT2D eigenvalue weighted by atomic mass is 16.2. The van der Waals surface area contributed by atoms with Crippen molar-refractivity contribution in [3.8, 4) is 0 Å². The number of para-hydroxylation sites is 1. The van der Waals surface area contributed by atoms with Crippen LogP contribution >= 0.6 is 0 Å². The molecule has 0 bridgehead atoms. The van der Waals surface area contributed by atoms with Gasteiger partial charge in [0.1, 0.15) is 0 Å². The molecule has 1 aromatic carbocycles. The van der Waals surface area contributed by atoms with Gasteiger partial charge in [-0.15, -0.1) is 0 Å². The van der Waals surface area contributed by atoms with Gasteiger partial charge in [0.05, 0.1) is 5.69 Å². The molecular formula is C14H15NO2. The van der Waals surface area contributed by atoms with Crippen LogP contribution in [0, 0.1) is 5.92 Å². The highest BCUT2D eigenvalue weighted by Gasteiger charge is 2.31. The molecule has 1 heterocycles. The Morgan fingerprint density at radius 2 is 1.88 bits per heavy atom. The number of benzene rings is 1. The maximum Gasteiger partial charge on any atom is 0.227 e. The van der Waals surface area contributed by atoms with Gasteiger partial charge in [0, 0.05) is 24.9 Å². The van der Waals surface area contributed by atoms with Gasteiger partial charge in [-0.2, -0.15) is 0 Å². The first kappa shape index (κ1) is 10.5. The topological polar surface area (TPSA) is 37.4 Å². The van der Waals surface area contributed by atoms with Crippen molar-refractivity contribution in [2.45, 2.75) is 25.7 Å². The van der Waals surface area contributed by atoms with Gasteiger partial charge in [-0.1, -0.05) is 12.1 Å². The lowest BCUT2D eigenvalue weighted by Crippen LogP contribution is -2.32. The Kier molecular flexibility index (Phi) is 2.46. The molecule has 1 aromatic rings. The largest absolute Gasteiger partial charge is 0.311 e. The van der Waals surface area contributed by atoms with Crippen molar-refractivity contribution in [2.75, 3.05) is 11.4 Å². The predicted octanol–water partition coefficient (Wildman–Crippen LogP) is 2.41. The van der Waals surface area contributed by atoms with E-state index in [9.17, 15) is 9.59 Å². The van der Waals surface area contributed by atoms with E-state index in [1.807, 2.05) is 29.2 Å². The van der Waals surface area contributed by atoms with Crippen molar-refractivity contribution in [3.63, 3.8) is 0 Å². The number of hydrogen-bond acceptors (Lipinski definition) is 2. The summed E-state index contributed by atoms with van der Waals surface area (Å²) in [5, 5.41) is 0. The van der Waals surface area contributed by atoms with Gasteiger partial charge >= 0.3 is 0 Å². The third-order valence-corrected chi connectivity index (χ3v) is 3.50. The molecule has 3 rings (SSSR count). The maximum atomic E-state index is 12.1. The van der Waals surface area contributed by atoms with E-state index in [-0.39, 0.29) is 11.7 Å². The van der Waals surface area contributed by atoms with Gasteiger partial charge in [0.15, 0.2) is 5.78 Å². The van der Waals surface area contributed by atoms with E-state index in [1.54, 1.807) is 0 Å². The Morgan fingerprint density at radius 3 is 2.65 bits per heavy atom. The molecule has 17 heavy (non-hydrogen) atoms. The SMILES string of the molecule is O=C1CCC(=O)N(CC2CC2)c2ccccc21. The molecule has 88 valence electrons. The number of ketones is 1. The van der Waals surface area contributed by atoms with E-state index >= 15 is 0 Å². The summed E-state index contributed by atoms with van der Waals surface area (Å²) in [6, 6.07) is 7.47. The maximum absolute atomic E-state index is 12.1. The van der Waals surface area contributed by atoms with E-state index < -0.39 is 0 Å². The first-order valence-electron chi connectivity index (χ1n) is 6.18. The number of rotatable bonds is 2. The van der Waals surface area contributed by atoms with Crippen LogP contribution in [0.2, 0.25) is 0 Å². The zero-order valence-electron chi connectivity index (χ0n) is 9.69. The number of anilines is 1. The van der Waals surface area contributed by atoms with Crippen molar-refractivity contribution in [1.29, 1.82) is 0 Å². The van der Waals surface area contributed by atoms with Crippen LogP contribution in [-0.2, 0) is 4.79 Å². The normalized spacial score (nSPS) is 20.1. The van der Waals surface area contributed by atoms with Crippen LogP contribution in [0.3, 0.4) is 0 Å². The number of carbonyl (C=O) groups is 2. The van der Waals surface area contributed by atoms with Crippen LogP contribution in [0.4, 0.5) is 5.69 Å². The first-order valence-corrected chi connectivity index (χ1v) is 6.18. The van der Waals surface area contributed by atoms with Gasteiger partial charge in [-0.25, -0.2) is 0 Å². The van der Waals surface area contributed by atoms with Crippen molar-refractivity contribution in [2.24, 2.45) is 5.92 Å². The summed E-state index contributed by atoms with van der Waals surface area (Å²) in [5.41, 5.74) is 1.52. The molecular weight excluding hydrogens is 214 g/mol. The number of amides is 1. The number of fused-ring (bicyclic) bond motifs is 1. The monoisotopic (exact) mass is 229 g/mol. The molecule has 1 amide bonds. The lowest BCUT2D eigenvalue weighted by Gasteiger charge is -2.22. The summed E-state index contributed by atoms with van der Waals surface area (Å²) < 4.78 is 0. The molecule has 1 aliphatic carbocycles. The lowest BCUT2D eigenvalue weighted by molar-refractivity contribution is -0.118. The van der Waals surface area contributed by atoms with Gasteiger partial charge in [-0.3, -0.25) is 9.59 Å². The van der Waals surface area contributed by atoms with Crippen molar-refractivity contribution < 1.29 is 9.59 Å². The van der Waals surface area contributed by atoms with Crippen LogP contribution < -0.4 is 4.90 Å². The minimum absolute atomic E-state index is 0.0900. The molecule has 0 spiro atoms. The first-order chi connectivity index (χ1) is 8.25. The summed E-state index contributed by atoms with van der Waals surface area (Å²) in [7, 11) is 0. The smallest absolute Gasteiger partial charge is 0.227 e. The molecule has 0 saturated heterocycles. The second-order valence-electron chi connectivity index (χ2n) is 4.89. The summed E-state index contributed by atoms with van der Waals surface area (Å²) in [5.74, 6) is 0.822. The van der Waals surface area contributed by atoms with Crippen LogP contribution in [0.1, 0.15) is 36.0 Å². The molecule has 0 aromatic heterocycles. The number of Topliss-reactive ketones (excluding diaryl/α,β-unsaturated/α-hetero) is 1. The minimum Gasteiger partial charge on any atom is -0.311 e. The number of hydrogen-bond donors (Lipinski definition) is 0. The Hall–Kier alpha value is -1.64. The number of carbonyl (C=O) groups excluding carboxylic acids is 2. The quantitative estimate of drug-likeness (QED) is 0.781. The predicted molar refractivity (Wildman–Crippen MR) is 65.1 cm³/mol. The third-order valence-electron chi connectivity index (χ3n) is 3.50. The standard InChI is InChI=1S/C14H15NO2/c16-13-7-8-14(17)15(9-10-5-6-10)12-4-2-1-3-11(12)13/h1-4,10H,5-9H2. The summed E-state index contributed by atoms with van der Waals surface area (Å²) >= 11 is 0. The average Bonchev–Trinajstić information content (AvgIpc) is 3.16. The second kappa shape index (κ2) is 3.99. The molecule has 3 heteroatoms. The summed E-state index contributed by atoms with van der Waals surface area (Å²) in [4.78, 5) is 25.8. The van der Waals surface area contributed by atoms with Crippen LogP contribution in [0.25, 0.3) is 0 Å². The fourth-order valence-corrected chi connectivity index (χ4v) is 2.33. The lowest BCUT2D eigenvalue weighted by atomic mass is 10.1. The molecule has 2 aliphatic rings. The third kappa shape index (κ3) is 1.97. The fraction of sp³-hybridized carbons (Fsp3) is 0.429. The van der Waals surface area contributed by atoms with Gasteiger partial charge in [0.2, 0.25) is 5.91 Å². The van der Waals surface area contributed by atoms with Crippen molar-refractivity contribution in [3.05, 3.63) is 29.8 Å². The van der Waals surface area contributed by atoms with Crippen LogP contribution in [0.15, 0.2) is 24.3 Å². The van der Waals surface area contributed by atoms with Crippen molar-refractivity contribution in [1.82, 2.24) is 0 Å². The molecule has 3 nitrogen and oxygen atoms in total. The van der Waals surface area contributed by atoms with Gasteiger partial charge in [0.25, 0.3) is 0 Å². The fourth-order valence-electron chi connectivity index (χ4n) is 2.33. The zero-order valence-corrected chi connectivity index (χ0v) is 9.69. The second-order valence-corrected chi connectivity index (χ2v) is 4.89. The minimum atomic E-state index is 0.0900. The van der Waals surface area contributed by atoms with E-state index in [2.05, 4.69) is 0 Å². The molecule has 0 radical (unpaired) electrons. The molecule has 0 atom stereocenters. The molecule has 0 unspecified atom stereocenters. The van der Waals surface area contributed by atoms with E-state index in [4.69, 9.17) is 0 Å². The van der Waals surface area contributed by atoms with Crippen molar-refractivity contribution >= 4 is 17.4 Å². The van der Waals surface area contributed by atoms with E-state index in [0.29, 0.717) is 24.3 Å².